The number of nitrogens with two attached hydrogens (primary N) is 1. The van der Waals surface area contributed by atoms with Crippen LogP contribution >= 0.6 is 0 Å². The fourth-order valence-electron chi connectivity index (χ4n) is 4.49. The van der Waals surface area contributed by atoms with Crippen molar-refractivity contribution < 1.29 is 38.4 Å². The highest BCUT2D eigenvalue weighted by Gasteiger charge is 2.51. The van der Waals surface area contributed by atoms with Gasteiger partial charge in [0.1, 0.15) is 24.3 Å². The topological polar surface area (TPSA) is 146 Å². The van der Waals surface area contributed by atoms with Gasteiger partial charge in [-0.3, -0.25) is 9.59 Å². The van der Waals surface area contributed by atoms with Crippen LogP contribution in [0, 0.1) is 23.7 Å². The number of carbonyl (C=O) groups excluding carboxylic acids is 3. The number of ether oxygens (including phenoxy) is 4. The molecule has 0 aromatic heterocycles. The number of esters is 2. The summed E-state index contributed by atoms with van der Waals surface area (Å²) in [6.45, 7) is 11.8. The third kappa shape index (κ3) is 8.70. The van der Waals surface area contributed by atoms with Crippen molar-refractivity contribution in [3.63, 3.8) is 0 Å². The molecule has 2 fully saturated rings. The smallest absolute Gasteiger partial charge is 0.329 e. The molecule has 10 heteroatoms. The van der Waals surface area contributed by atoms with Crippen LogP contribution in [-0.4, -0.2) is 79.3 Å². The van der Waals surface area contributed by atoms with E-state index in [2.05, 4.69) is 5.32 Å². The molecule has 0 radical (unpaired) electrons. The molecule has 10 nitrogen and oxygen atoms in total. The van der Waals surface area contributed by atoms with Gasteiger partial charge in [-0.05, 0) is 37.0 Å². The Balaban J connectivity index is 1.94. The van der Waals surface area contributed by atoms with Gasteiger partial charge < -0.3 is 35.1 Å². The quantitative estimate of drug-likeness (QED) is 0.317. The summed E-state index contributed by atoms with van der Waals surface area (Å²) < 4.78 is 22.8. The normalized spacial score (nSPS) is 27.3. The van der Waals surface area contributed by atoms with Gasteiger partial charge in [-0.15, -0.1) is 0 Å². The predicted octanol–water partition coefficient (Wildman–Crippen LogP) is 1.17. The second-order valence-corrected chi connectivity index (χ2v) is 10.9. The summed E-state index contributed by atoms with van der Waals surface area (Å²) in [7, 11) is 0. The summed E-state index contributed by atoms with van der Waals surface area (Å²) in [4.78, 5) is 38.0. The summed E-state index contributed by atoms with van der Waals surface area (Å²) in [6, 6.07) is -1.52. The molecule has 0 aliphatic carbocycles. The molecule has 0 bridgehead atoms. The first kappa shape index (κ1) is 29.5. The number of hydrogen-bond donors (Lipinski definition) is 3. The van der Waals surface area contributed by atoms with Crippen molar-refractivity contribution >= 4 is 17.8 Å². The second-order valence-electron chi connectivity index (χ2n) is 10.9. The third-order valence-corrected chi connectivity index (χ3v) is 6.35. The fraction of sp³-hybridized carbons (Fsp3) is 0.880. The van der Waals surface area contributed by atoms with Crippen LogP contribution in [-0.2, 0) is 33.3 Å². The Morgan fingerprint density at radius 1 is 0.886 bits per heavy atom. The number of aliphatic hydroxyl groups excluding tert-OH is 1. The first-order valence-corrected chi connectivity index (χ1v) is 12.7. The number of rotatable bonds is 13. The molecule has 2 saturated heterocycles. The van der Waals surface area contributed by atoms with E-state index in [1.165, 1.54) is 0 Å². The average Bonchev–Trinajstić information content (AvgIpc) is 3.35. The maximum Gasteiger partial charge on any atom is 0.329 e. The SMILES string of the molecule is CC(C)CC(N)C(=O)OC1COC2C(OC(=O)C(CC(C)C)NC(=O)C(C)CC(C)CO)COC12. The Labute approximate surface area is 208 Å². The molecule has 8 unspecified atom stereocenters. The van der Waals surface area contributed by atoms with E-state index in [4.69, 9.17) is 24.7 Å². The highest BCUT2D eigenvalue weighted by atomic mass is 16.7. The van der Waals surface area contributed by atoms with Gasteiger partial charge in [-0.1, -0.05) is 41.5 Å². The van der Waals surface area contributed by atoms with Crippen molar-refractivity contribution in [2.75, 3.05) is 19.8 Å². The highest BCUT2D eigenvalue weighted by Crippen LogP contribution is 2.31. The summed E-state index contributed by atoms with van der Waals surface area (Å²) >= 11 is 0. The van der Waals surface area contributed by atoms with Crippen molar-refractivity contribution in [2.45, 2.75) is 97.3 Å². The van der Waals surface area contributed by atoms with E-state index in [1.807, 2.05) is 34.6 Å². The molecule has 2 rings (SSSR count). The number of nitrogens with one attached hydrogen (secondary N) is 1. The molecular weight excluding hydrogens is 456 g/mol. The van der Waals surface area contributed by atoms with Gasteiger partial charge in [0.15, 0.2) is 12.2 Å². The van der Waals surface area contributed by atoms with Crippen LogP contribution < -0.4 is 11.1 Å². The van der Waals surface area contributed by atoms with Crippen molar-refractivity contribution in [1.82, 2.24) is 5.32 Å². The van der Waals surface area contributed by atoms with Crippen LogP contribution in [0.5, 0.6) is 0 Å². The van der Waals surface area contributed by atoms with Crippen LogP contribution in [0.1, 0.15) is 60.8 Å². The number of fused-ring (bicyclic) bond motifs is 1. The lowest BCUT2D eigenvalue weighted by molar-refractivity contribution is -0.159. The molecule has 202 valence electrons. The van der Waals surface area contributed by atoms with Gasteiger partial charge in [-0.25, -0.2) is 4.79 Å². The van der Waals surface area contributed by atoms with E-state index in [-0.39, 0.29) is 49.4 Å². The van der Waals surface area contributed by atoms with Gasteiger partial charge in [0.2, 0.25) is 5.91 Å². The zero-order chi connectivity index (χ0) is 26.3. The maximum atomic E-state index is 13.0. The van der Waals surface area contributed by atoms with Crippen LogP contribution in [0.4, 0.5) is 0 Å². The molecule has 8 atom stereocenters. The Hall–Kier alpha value is -1.75. The lowest BCUT2D eigenvalue weighted by atomic mass is 9.96. The molecule has 0 aromatic carbocycles. The molecule has 0 aromatic rings. The lowest BCUT2D eigenvalue weighted by Crippen LogP contribution is -2.47. The second kappa shape index (κ2) is 13.5. The van der Waals surface area contributed by atoms with Crippen molar-refractivity contribution in [3.05, 3.63) is 0 Å². The van der Waals surface area contributed by atoms with Gasteiger partial charge in [-0.2, -0.15) is 0 Å². The van der Waals surface area contributed by atoms with E-state index < -0.39 is 48.4 Å². The van der Waals surface area contributed by atoms with E-state index >= 15 is 0 Å². The highest BCUT2D eigenvalue weighted by molar-refractivity contribution is 5.85. The zero-order valence-corrected chi connectivity index (χ0v) is 21.9. The minimum Gasteiger partial charge on any atom is -0.456 e. The molecule has 0 saturated carbocycles. The fourth-order valence-corrected chi connectivity index (χ4v) is 4.49. The van der Waals surface area contributed by atoms with Crippen molar-refractivity contribution in [3.8, 4) is 0 Å². The van der Waals surface area contributed by atoms with E-state index in [9.17, 15) is 19.5 Å². The largest absolute Gasteiger partial charge is 0.456 e. The molecule has 2 heterocycles. The molecule has 2 aliphatic heterocycles. The lowest BCUT2D eigenvalue weighted by Gasteiger charge is -2.24. The molecule has 0 spiro atoms. The Bertz CT molecular complexity index is 716. The average molecular weight is 501 g/mol. The van der Waals surface area contributed by atoms with Gasteiger partial charge in [0.05, 0.1) is 13.2 Å². The Morgan fingerprint density at radius 3 is 1.89 bits per heavy atom. The summed E-state index contributed by atoms with van der Waals surface area (Å²) in [6.07, 6.45) is -0.931. The molecule has 1 amide bonds. The zero-order valence-electron chi connectivity index (χ0n) is 21.9. The Kier molecular flexibility index (Phi) is 11.4. The van der Waals surface area contributed by atoms with E-state index in [0.29, 0.717) is 19.3 Å². The first-order valence-electron chi connectivity index (χ1n) is 12.7. The molecule has 4 N–H and O–H groups in total. The predicted molar refractivity (Wildman–Crippen MR) is 128 cm³/mol. The summed E-state index contributed by atoms with van der Waals surface area (Å²) in [5.41, 5.74) is 5.92. The number of carbonyl (C=O) groups is 3. The van der Waals surface area contributed by atoms with Gasteiger partial charge in [0.25, 0.3) is 0 Å². The minimum atomic E-state index is -0.808. The third-order valence-electron chi connectivity index (χ3n) is 6.35. The van der Waals surface area contributed by atoms with E-state index in [1.54, 1.807) is 6.92 Å². The van der Waals surface area contributed by atoms with Crippen LogP contribution in [0.2, 0.25) is 0 Å². The Morgan fingerprint density at radius 2 is 1.40 bits per heavy atom. The molecule has 35 heavy (non-hydrogen) atoms. The summed E-state index contributed by atoms with van der Waals surface area (Å²) in [5, 5.41) is 12.1. The van der Waals surface area contributed by atoms with Crippen molar-refractivity contribution in [2.24, 2.45) is 29.4 Å². The standard InChI is InChI=1S/C25H44N2O8/c1-13(2)7-17(26)24(30)34-19-11-32-22-20(12-33-21(19)22)35-25(31)18(8-14(3)4)27-23(29)16(6)9-15(5)10-28/h13-22,28H,7-12,26H2,1-6H3,(H,27,29). The van der Waals surface area contributed by atoms with Gasteiger partial charge >= 0.3 is 11.9 Å². The van der Waals surface area contributed by atoms with Crippen LogP contribution in [0.3, 0.4) is 0 Å². The van der Waals surface area contributed by atoms with Crippen molar-refractivity contribution in [1.29, 1.82) is 0 Å². The number of amides is 1. The minimum absolute atomic E-state index is 0.000707. The number of aliphatic hydroxyl groups is 1. The van der Waals surface area contributed by atoms with Crippen LogP contribution in [0.25, 0.3) is 0 Å². The monoisotopic (exact) mass is 500 g/mol. The molecular formula is C25H44N2O8. The molecule has 2 aliphatic rings. The van der Waals surface area contributed by atoms with Crippen LogP contribution in [0.15, 0.2) is 0 Å². The van der Waals surface area contributed by atoms with E-state index in [0.717, 1.165) is 0 Å². The summed E-state index contributed by atoms with van der Waals surface area (Å²) in [5.74, 6) is -1.26. The number of hydrogen-bond acceptors (Lipinski definition) is 9. The maximum absolute atomic E-state index is 13.0. The van der Waals surface area contributed by atoms with Gasteiger partial charge in [0, 0.05) is 12.5 Å². The first-order chi connectivity index (χ1) is 16.4.